The van der Waals surface area contributed by atoms with Gasteiger partial charge in [-0.3, -0.25) is 4.79 Å². The number of rotatable bonds is 10. The van der Waals surface area contributed by atoms with E-state index in [4.69, 9.17) is 9.47 Å². The third-order valence-electron chi connectivity index (χ3n) is 3.90. The summed E-state index contributed by atoms with van der Waals surface area (Å²) in [6.07, 6.45) is -1.39. The van der Waals surface area contributed by atoms with E-state index in [2.05, 4.69) is 5.32 Å². The summed E-state index contributed by atoms with van der Waals surface area (Å²) < 4.78 is 10.8. The Labute approximate surface area is 153 Å². The highest BCUT2D eigenvalue weighted by Gasteiger charge is 2.12. The zero-order chi connectivity index (χ0) is 18.9. The lowest BCUT2D eigenvalue weighted by molar-refractivity contribution is 0.0977. The number of carbonyl (C=O) groups is 1. The number of aliphatic hydroxyl groups is 2. The highest BCUT2D eigenvalue weighted by atomic mass is 16.5. The minimum Gasteiger partial charge on any atom is -0.493 e. The van der Waals surface area contributed by atoms with Crippen LogP contribution in [-0.4, -0.2) is 48.9 Å². The van der Waals surface area contributed by atoms with Gasteiger partial charge in [-0.1, -0.05) is 30.3 Å². The summed E-state index contributed by atoms with van der Waals surface area (Å²) in [4.78, 5) is 11.4. The Bertz CT molecular complexity index is 705. The molecule has 0 aliphatic rings. The molecule has 0 spiro atoms. The molecule has 0 fully saturated rings. The molecule has 0 aliphatic heterocycles. The summed E-state index contributed by atoms with van der Waals surface area (Å²) in [5, 5.41) is 23.1. The lowest BCUT2D eigenvalue weighted by Gasteiger charge is -2.17. The molecule has 0 radical (unpaired) electrons. The van der Waals surface area contributed by atoms with E-state index in [0.29, 0.717) is 23.6 Å². The van der Waals surface area contributed by atoms with Crippen LogP contribution in [-0.2, 0) is 0 Å². The zero-order valence-electron chi connectivity index (χ0n) is 15.0. The first-order chi connectivity index (χ1) is 12.5. The van der Waals surface area contributed by atoms with Crippen molar-refractivity contribution in [3.63, 3.8) is 0 Å². The second-order valence-corrected chi connectivity index (χ2v) is 5.97. The molecule has 6 nitrogen and oxygen atoms in total. The Morgan fingerprint density at radius 2 is 1.81 bits per heavy atom. The average Bonchev–Trinajstić information content (AvgIpc) is 2.66. The summed E-state index contributed by atoms with van der Waals surface area (Å²) in [6.45, 7) is 2.15. The predicted octanol–water partition coefficient (Wildman–Crippen LogP) is 1.96. The van der Waals surface area contributed by atoms with Crippen LogP contribution in [0.25, 0.3) is 0 Å². The van der Waals surface area contributed by atoms with Gasteiger partial charge in [-0.15, -0.1) is 0 Å². The molecule has 2 aromatic carbocycles. The third-order valence-corrected chi connectivity index (χ3v) is 3.90. The maximum atomic E-state index is 11.4. The quantitative estimate of drug-likeness (QED) is 0.562. The average molecular weight is 359 g/mol. The fourth-order valence-corrected chi connectivity index (χ4v) is 2.43. The minimum atomic E-state index is -0.754. The van der Waals surface area contributed by atoms with Crippen molar-refractivity contribution < 1.29 is 24.5 Å². The normalized spacial score (nSPS) is 13.1. The van der Waals surface area contributed by atoms with Crippen molar-refractivity contribution in [2.75, 3.05) is 26.8 Å². The summed E-state index contributed by atoms with van der Waals surface area (Å²) in [5.74, 6) is 0.842. The lowest BCUT2D eigenvalue weighted by atomic mass is 10.1. The van der Waals surface area contributed by atoms with Crippen molar-refractivity contribution >= 4 is 5.78 Å². The van der Waals surface area contributed by atoms with E-state index in [1.165, 1.54) is 14.0 Å². The number of ether oxygens (including phenoxy) is 2. The Balaban J connectivity index is 1.78. The van der Waals surface area contributed by atoms with Crippen LogP contribution in [0, 0.1) is 0 Å². The number of aliphatic hydroxyl groups excluding tert-OH is 2. The van der Waals surface area contributed by atoms with Gasteiger partial charge in [0.05, 0.1) is 13.2 Å². The highest BCUT2D eigenvalue weighted by molar-refractivity contribution is 5.94. The van der Waals surface area contributed by atoms with E-state index in [0.717, 1.165) is 5.56 Å². The monoisotopic (exact) mass is 359 g/mol. The van der Waals surface area contributed by atoms with E-state index in [1.807, 2.05) is 30.3 Å². The molecule has 0 bridgehead atoms. The number of carbonyl (C=O) groups excluding carboxylic acids is 1. The van der Waals surface area contributed by atoms with Crippen LogP contribution in [0.15, 0.2) is 48.5 Å². The fraction of sp³-hybridized carbons (Fsp3) is 0.350. The largest absolute Gasteiger partial charge is 0.493 e. The molecule has 0 aromatic heterocycles. The van der Waals surface area contributed by atoms with Crippen LogP contribution in [0.2, 0.25) is 0 Å². The Morgan fingerprint density at radius 1 is 1.08 bits per heavy atom. The molecule has 26 heavy (non-hydrogen) atoms. The van der Waals surface area contributed by atoms with Crippen molar-refractivity contribution in [1.29, 1.82) is 0 Å². The van der Waals surface area contributed by atoms with Gasteiger partial charge in [0.25, 0.3) is 0 Å². The molecule has 0 aliphatic carbocycles. The molecule has 2 rings (SSSR count). The van der Waals surface area contributed by atoms with Crippen LogP contribution in [0.5, 0.6) is 11.5 Å². The number of hydrogen-bond donors (Lipinski definition) is 3. The molecule has 0 unspecified atom stereocenters. The van der Waals surface area contributed by atoms with Gasteiger partial charge in [-0.25, -0.2) is 0 Å². The maximum Gasteiger partial charge on any atom is 0.161 e. The smallest absolute Gasteiger partial charge is 0.161 e. The summed E-state index contributed by atoms with van der Waals surface area (Å²) in [5.41, 5.74) is 1.35. The molecular weight excluding hydrogens is 334 g/mol. The van der Waals surface area contributed by atoms with Crippen molar-refractivity contribution in [2.45, 2.75) is 19.1 Å². The number of Topliss-reactive ketones (excluding diaryl/α,β-unsaturated/α-hetero) is 1. The molecule has 2 atom stereocenters. The maximum absolute atomic E-state index is 11.4. The molecule has 6 heteroatoms. The summed E-state index contributed by atoms with van der Waals surface area (Å²) >= 11 is 0. The van der Waals surface area contributed by atoms with Crippen LogP contribution in [0.3, 0.4) is 0 Å². The van der Waals surface area contributed by atoms with E-state index in [-0.39, 0.29) is 18.9 Å². The topological polar surface area (TPSA) is 88.0 Å². The lowest BCUT2D eigenvalue weighted by Crippen LogP contribution is -2.33. The Hall–Kier alpha value is -2.41. The third kappa shape index (κ3) is 5.84. The van der Waals surface area contributed by atoms with Crippen LogP contribution in [0.4, 0.5) is 0 Å². The zero-order valence-corrected chi connectivity index (χ0v) is 15.0. The number of ketones is 1. The molecule has 140 valence electrons. The molecule has 0 saturated carbocycles. The molecular formula is C20H25NO5. The predicted molar refractivity (Wildman–Crippen MR) is 98.8 cm³/mol. The first-order valence-corrected chi connectivity index (χ1v) is 8.44. The molecule has 0 amide bonds. The molecule has 3 N–H and O–H groups in total. The first-order valence-electron chi connectivity index (χ1n) is 8.44. The SMILES string of the molecule is COc1cc(C(C)=O)ccc1OC[C@@H](O)CNC[C@@H](O)c1ccccc1. The van der Waals surface area contributed by atoms with Gasteiger partial charge in [0.2, 0.25) is 0 Å². The Morgan fingerprint density at radius 3 is 2.46 bits per heavy atom. The van der Waals surface area contributed by atoms with Gasteiger partial charge in [0.15, 0.2) is 17.3 Å². The molecule has 0 saturated heterocycles. The summed E-state index contributed by atoms with van der Waals surface area (Å²) in [6, 6.07) is 14.2. The van der Waals surface area contributed by atoms with Gasteiger partial charge in [0, 0.05) is 18.7 Å². The van der Waals surface area contributed by atoms with Crippen molar-refractivity contribution in [3.8, 4) is 11.5 Å². The van der Waals surface area contributed by atoms with Crippen LogP contribution in [0.1, 0.15) is 28.9 Å². The molecule has 0 heterocycles. The number of nitrogens with one attached hydrogen (secondary N) is 1. The fourth-order valence-electron chi connectivity index (χ4n) is 2.43. The van der Waals surface area contributed by atoms with Crippen molar-refractivity contribution in [1.82, 2.24) is 5.32 Å². The van der Waals surface area contributed by atoms with E-state index < -0.39 is 12.2 Å². The number of hydrogen-bond acceptors (Lipinski definition) is 6. The first kappa shape index (κ1) is 19.9. The Kier molecular flexibility index (Phi) is 7.59. The van der Waals surface area contributed by atoms with Gasteiger partial charge in [-0.05, 0) is 30.7 Å². The van der Waals surface area contributed by atoms with Crippen LogP contribution >= 0.6 is 0 Å². The second kappa shape index (κ2) is 9.91. The van der Waals surface area contributed by atoms with Gasteiger partial charge < -0.3 is 25.0 Å². The highest BCUT2D eigenvalue weighted by Crippen LogP contribution is 2.28. The number of benzene rings is 2. The van der Waals surface area contributed by atoms with E-state index in [1.54, 1.807) is 18.2 Å². The van der Waals surface area contributed by atoms with Gasteiger partial charge in [-0.2, -0.15) is 0 Å². The van der Waals surface area contributed by atoms with Gasteiger partial charge >= 0.3 is 0 Å². The van der Waals surface area contributed by atoms with Crippen molar-refractivity contribution in [3.05, 3.63) is 59.7 Å². The standard InChI is InChI=1S/C20H25NO5/c1-14(22)16-8-9-19(20(10-16)25-2)26-13-17(23)11-21-12-18(24)15-6-4-3-5-7-15/h3-10,17-18,21,23-24H,11-13H2,1-2H3/t17-,18+/m0/s1. The second-order valence-electron chi connectivity index (χ2n) is 5.97. The van der Waals surface area contributed by atoms with Crippen LogP contribution < -0.4 is 14.8 Å². The minimum absolute atomic E-state index is 0.0592. The van der Waals surface area contributed by atoms with Crippen molar-refractivity contribution in [2.24, 2.45) is 0 Å². The van der Waals surface area contributed by atoms with E-state index in [9.17, 15) is 15.0 Å². The molecule has 2 aromatic rings. The summed E-state index contributed by atoms with van der Waals surface area (Å²) in [7, 11) is 1.50. The van der Waals surface area contributed by atoms with Gasteiger partial charge in [0.1, 0.15) is 12.7 Å². The van der Waals surface area contributed by atoms with E-state index >= 15 is 0 Å². The number of methoxy groups -OCH3 is 1.